The second-order valence-electron chi connectivity index (χ2n) is 5.99. The Balaban J connectivity index is 1.55. The molecular weight excluding hydrogens is 284 g/mol. The fraction of sp³-hybridized carbons (Fsp3) is 0.500. The van der Waals surface area contributed by atoms with Crippen LogP contribution in [0.25, 0.3) is 0 Å². The third-order valence-corrected chi connectivity index (χ3v) is 6.00. The quantitative estimate of drug-likeness (QED) is 0.912. The van der Waals surface area contributed by atoms with Crippen molar-refractivity contribution in [1.29, 1.82) is 0 Å². The molecule has 0 bridgehead atoms. The normalized spacial score (nSPS) is 27.8. The summed E-state index contributed by atoms with van der Waals surface area (Å²) in [5.74, 6) is 0.730. The highest BCUT2D eigenvalue weighted by atomic mass is 32.2. The van der Waals surface area contributed by atoms with E-state index in [2.05, 4.69) is 5.32 Å². The highest BCUT2D eigenvalue weighted by Gasteiger charge is 2.48. The monoisotopic (exact) mass is 302 g/mol. The topological polar surface area (TPSA) is 49.4 Å². The first-order valence-corrected chi connectivity index (χ1v) is 8.64. The molecule has 2 aliphatic heterocycles. The van der Waals surface area contributed by atoms with E-state index in [0.717, 1.165) is 24.0 Å². The molecule has 1 saturated heterocycles. The Labute approximate surface area is 128 Å². The van der Waals surface area contributed by atoms with Crippen LogP contribution in [0.15, 0.2) is 24.3 Å². The van der Waals surface area contributed by atoms with Crippen LogP contribution in [-0.2, 0) is 4.79 Å². The van der Waals surface area contributed by atoms with Gasteiger partial charge in [-0.15, -0.1) is 11.8 Å². The highest BCUT2D eigenvalue weighted by Crippen LogP contribution is 2.48. The zero-order chi connectivity index (χ0) is 14.4. The van der Waals surface area contributed by atoms with E-state index in [-0.39, 0.29) is 23.2 Å². The van der Waals surface area contributed by atoms with E-state index < -0.39 is 0 Å². The van der Waals surface area contributed by atoms with Gasteiger partial charge in [0, 0.05) is 17.4 Å². The fourth-order valence-electron chi connectivity index (χ4n) is 3.61. The molecule has 4 nitrogen and oxygen atoms in total. The van der Waals surface area contributed by atoms with Gasteiger partial charge in [-0.1, -0.05) is 31.0 Å². The van der Waals surface area contributed by atoms with Crippen LogP contribution in [0.4, 0.5) is 0 Å². The molecule has 4 rings (SSSR count). The van der Waals surface area contributed by atoms with Gasteiger partial charge < -0.3 is 10.2 Å². The maximum absolute atomic E-state index is 12.6. The lowest BCUT2D eigenvalue weighted by atomic mass is 10.1. The van der Waals surface area contributed by atoms with Gasteiger partial charge in [0.1, 0.15) is 11.4 Å². The maximum atomic E-state index is 12.6. The Morgan fingerprint density at radius 2 is 2.00 bits per heavy atom. The molecule has 1 aromatic rings. The van der Waals surface area contributed by atoms with Crippen molar-refractivity contribution in [2.75, 3.05) is 5.75 Å². The Morgan fingerprint density at radius 3 is 2.81 bits per heavy atom. The number of carbonyl (C=O) groups is 2. The Kier molecular flexibility index (Phi) is 3.17. The van der Waals surface area contributed by atoms with Gasteiger partial charge in [0.05, 0.1) is 0 Å². The zero-order valence-electron chi connectivity index (χ0n) is 11.7. The van der Waals surface area contributed by atoms with E-state index in [1.165, 1.54) is 12.8 Å². The van der Waals surface area contributed by atoms with Crippen LogP contribution in [0.2, 0.25) is 0 Å². The van der Waals surface area contributed by atoms with E-state index in [1.54, 1.807) is 16.7 Å². The molecular formula is C16H18N2O2S. The SMILES string of the molecule is O=C(NC1CCCC1)[C@@H]1CS[C@H]2c3ccccc3C(=O)N12. The molecule has 5 heteroatoms. The van der Waals surface area contributed by atoms with Gasteiger partial charge >= 0.3 is 0 Å². The van der Waals surface area contributed by atoms with Crippen LogP contribution in [0.1, 0.15) is 47.0 Å². The lowest BCUT2D eigenvalue weighted by Crippen LogP contribution is -2.48. The van der Waals surface area contributed by atoms with Gasteiger partial charge in [-0.3, -0.25) is 9.59 Å². The van der Waals surface area contributed by atoms with Crippen molar-refractivity contribution >= 4 is 23.6 Å². The predicted octanol–water partition coefficient (Wildman–Crippen LogP) is 2.32. The van der Waals surface area contributed by atoms with Gasteiger partial charge in [-0.05, 0) is 24.5 Å². The van der Waals surface area contributed by atoms with Crippen molar-refractivity contribution < 1.29 is 9.59 Å². The summed E-state index contributed by atoms with van der Waals surface area (Å²) in [5.41, 5.74) is 1.82. The zero-order valence-corrected chi connectivity index (χ0v) is 12.6. The summed E-state index contributed by atoms with van der Waals surface area (Å²) in [6.45, 7) is 0. The number of hydrogen-bond acceptors (Lipinski definition) is 3. The van der Waals surface area contributed by atoms with Crippen LogP contribution in [0.5, 0.6) is 0 Å². The van der Waals surface area contributed by atoms with Crippen molar-refractivity contribution in [3.05, 3.63) is 35.4 Å². The third-order valence-electron chi connectivity index (χ3n) is 4.70. The molecule has 2 amide bonds. The van der Waals surface area contributed by atoms with E-state index in [1.807, 2.05) is 24.3 Å². The van der Waals surface area contributed by atoms with Gasteiger partial charge in [-0.2, -0.15) is 0 Å². The highest BCUT2D eigenvalue weighted by molar-refractivity contribution is 7.99. The van der Waals surface area contributed by atoms with Gasteiger partial charge in [0.2, 0.25) is 5.91 Å². The van der Waals surface area contributed by atoms with E-state index >= 15 is 0 Å². The number of fused-ring (bicyclic) bond motifs is 3. The van der Waals surface area contributed by atoms with Gasteiger partial charge in [0.25, 0.3) is 5.91 Å². The first-order valence-electron chi connectivity index (χ1n) is 7.59. The first kappa shape index (κ1) is 13.2. The average molecular weight is 302 g/mol. The average Bonchev–Trinajstić information content (AvgIpc) is 3.19. The Bertz CT molecular complexity index is 598. The summed E-state index contributed by atoms with van der Waals surface area (Å²) in [6, 6.07) is 7.70. The smallest absolute Gasteiger partial charge is 0.256 e. The number of benzene rings is 1. The number of nitrogens with one attached hydrogen (secondary N) is 1. The van der Waals surface area contributed by atoms with Crippen molar-refractivity contribution in [2.24, 2.45) is 0 Å². The maximum Gasteiger partial charge on any atom is 0.256 e. The molecule has 1 aromatic carbocycles. The lowest BCUT2D eigenvalue weighted by molar-refractivity contribution is -0.125. The summed E-state index contributed by atoms with van der Waals surface area (Å²) in [7, 11) is 0. The molecule has 2 heterocycles. The number of carbonyl (C=O) groups excluding carboxylic acids is 2. The molecule has 2 fully saturated rings. The fourth-order valence-corrected chi connectivity index (χ4v) is 5.07. The number of nitrogens with zero attached hydrogens (tertiary/aromatic N) is 1. The van der Waals surface area contributed by atoms with Crippen LogP contribution in [-0.4, -0.2) is 34.6 Å². The number of thioether (sulfide) groups is 1. The van der Waals surface area contributed by atoms with Crippen molar-refractivity contribution in [3.63, 3.8) is 0 Å². The van der Waals surface area contributed by atoms with Gasteiger partial charge in [-0.25, -0.2) is 0 Å². The number of rotatable bonds is 2. The molecule has 0 spiro atoms. The second-order valence-corrected chi connectivity index (χ2v) is 7.10. The summed E-state index contributed by atoms with van der Waals surface area (Å²) in [4.78, 5) is 26.9. The van der Waals surface area contributed by atoms with Crippen LogP contribution < -0.4 is 5.32 Å². The van der Waals surface area contributed by atoms with Crippen molar-refractivity contribution in [2.45, 2.75) is 43.1 Å². The van der Waals surface area contributed by atoms with Crippen LogP contribution in [0, 0.1) is 0 Å². The van der Waals surface area contributed by atoms with Crippen molar-refractivity contribution in [1.82, 2.24) is 10.2 Å². The van der Waals surface area contributed by atoms with Crippen molar-refractivity contribution in [3.8, 4) is 0 Å². The number of amides is 2. The Morgan fingerprint density at radius 1 is 1.24 bits per heavy atom. The minimum Gasteiger partial charge on any atom is -0.352 e. The second kappa shape index (κ2) is 5.05. The minimum atomic E-state index is -0.319. The molecule has 3 aliphatic rings. The molecule has 1 saturated carbocycles. The minimum absolute atomic E-state index is 0.00664. The molecule has 110 valence electrons. The molecule has 0 unspecified atom stereocenters. The molecule has 21 heavy (non-hydrogen) atoms. The predicted molar refractivity (Wildman–Crippen MR) is 82.0 cm³/mol. The number of hydrogen-bond donors (Lipinski definition) is 1. The summed E-state index contributed by atoms with van der Waals surface area (Å²) >= 11 is 1.70. The molecule has 0 aromatic heterocycles. The van der Waals surface area contributed by atoms with E-state index in [4.69, 9.17) is 0 Å². The largest absolute Gasteiger partial charge is 0.352 e. The molecule has 1 N–H and O–H groups in total. The summed E-state index contributed by atoms with van der Waals surface area (Å²) < 4.78 is 0. The molecule has 2 atom stereocenters. The summed E-state index contributed by atoms with van der Waals surface area (Å²) in [5, 5.41) is 3.16. The summed E-state index contributed by atoms with van der Waals surface area (Å²) in [6.07, 6.45) is 4.54. The van der Waals surface area contributed by atoms with Gasteiger partial charge in [0.15, 0.2) is 0 Å². The van der Waals surface area contributed by atoms with E-state index in [0.29, 0.717) is 11.8 Å². The first-order chi connectivity index (χ1) is 10.3. The Hall–Kier alpha value is -1.49. The standard InChI is InChI=1S/C16H18N2O2S/c19-14(17-10-5-1-2-6-10)13-9-21-16-12-8-4-3-7-11(12)15(20)18(13)16/h3-4,7-8,10,13,16H,1-2,5-6,9H2,(H,17,19)/t13-,16-/m0/s1. The third kappa shape index (κ3) is 2.06. The molecule has 0 radical (unpaired) electrons. The lowest BCUT2D eigenvalue weighted by Gasteiger charge is -2.24. The van der Waals surface area contributed by atoms with E-state index in [9.17, 15) is 9.59 Å². The van der Waals surface area contributed by atoms with Crippen LogP contribution in [0.3, 0.4) is 0 Å². The molecule has 1 aliphatic carbocycles. The van der Waals surface area contributed by atoms with Crippen LogP contribution >= 0.6 is 11.8 Å².